The van der Waals surface area contributed by atoms with Gasteiger partial charge in [0, 0.05) is 28.4 Å². The summed E-state index contributed by atoms with van der Waals surface area (Å²) in [5.74, 6) is -0.616. The molecule has 0 saturated carbocycles. The highest BCUT2D eigenvalue weighted by Crippen LogP contribution is 2.33. The smallest absolute Gasteiger partial charge is 0.340 e. The van der Waals surface area contributed by atoms with Crippen molar-refractivity contribution < 1.29 is 13.9 Å². The molecule has 4 nitrogen and oxygen atoms in total. The molecule has 2 aromatic carbocycles. The zero-order chi connectivity index (χ0) is 20.5. The van der Waals surface area contributed by atoms with Crippen molar-refractivity contribution in [1.29, 1.82) is 0 Å². The van der Waals surface area contributed by atoms with E-state index in [1.165, 1.54) is 19.2 Å². The van der Waals surface area contributed by atoms with Crippen LogP contribution in [-0.4, -0.2) is 22.6 Å². The molecule has 2 heterocycles. The predicted molar refractivity (Wildman–Crippen MR) is 111 cm³/mol. The van der Waals surface area contributed by atoms with Crippen LogP contribution in [0.2, 0.25) is 0 Å². The standard InChI is InChI=1S/C24H21FN2O2/c1-15(18-12-13-26-21(14-18)17-8-10-19(25)11-9-17)27-16(2)23(24(28)29-3)20-6-4-5-7-22(20)27/h4-15H,1-3H3. The fourth-order valence-electron chi connectivity index (χ4n) is 3.88. The van der Waals surface area contributed by atoms with Crippen LogP contribution in [0.3, 0.4) is 0 Å². The first kappa shape index (κ1) is 18.9. The number of rotatable bonds is 4. The molecule has 0 aliphatic carbocycles. The van der Waals surface area contributed by atoms with Crippen LogP contribution >= 0.6 is 0 Å². The summed E-state index contributed by atoms with van der Waals surface area (Å²) < 4.78 is 20.4. The quantitative estimate of drug-likeness (QED) is 0.431. The molecule has 0 aliphatic rings. The fraction of sp³-hybridized carbons (Fsp3) is 0.167. The molecule has 29 heavy (non-hydrogen) atoms. The number of fused-ring (bicyclic) bond motifs is 1. The van der Waals surface area contributed by atoms with E-state index in [2.05, 4.69) is 16.5 Å². The SMILES string of the molecule is COC(=O)c1c(C)n(C(C)c2ccnc(-c3ccc(F)cc3)c2)c2ccccc12. The molecular weight excluding hydrogens is 367 g/mol. The van der Waals surface area contributed by atoms with Gasteiger partial charge in [-0.1, -0.05) is 18.2 Å². The average molecular weight is 388 g/mol. The van der Waals surface area contributed by atoms with E-state index in [0.717, 1.165) is 33.4 Å². The van der Waals surface area contributed by atoms with Crippen LogP contribution in [0.1, 0.15) is 34.6 Å². The van der Waals surface area contributed by atoms with Crippen LogP contribution in [-0.2, 0) is 4.74 Å². The van der Waals surface area contributed by atoms with E-state index in [-0.39, 0.29) is 17.8 Å². The zero-order valence-corrected chi connectivity index (χ0v) is 16.5. The van der Waals surface area contributed by atoms with Crippen molar-refractivity contribution >= 4 is 16.9 Å². The van der Waals surface area contributed by atoms with Crippen molar-refractivity contribution in [2.75, 3.05) is 7.11 Å². The number of esters is 1. The summed E-state index contributed by atoms with van der Waals surface area (Å²) in [6.07, 6.45) is 1.76. The molecule has 4 aromatic rings. The summed E-state index contributed by atoms with van der Waals surface area (Å²) in [4.78, 5) is 16.9. The third kappa shape index (κ3) is 3.29. The molecule has 0 amide bonds. The second kappa shape index (κ2) is 7.51. The number of carbonyl (C=O) groups is 1. The number of benzene rings is 2. The van der Waals surface area contributed by atoms with Gasteiger partial charge in [0.25, 0.3) is 0 Å². The van der Waals surface area contributed by atoms with Crippen LogP contribution in [0.25, 0.3) is 22.2 Å². The predicted octanol–water partition coefficient (Wildman–Crippen LogP) is 5.55. The van der Waals surface area contributed by atoms with Crippen LogP contribution in [0.15, 0.2) is 66.9 Å². The van der Waals surface area contributed by atoms with E-state index >= 15 is 0 Å². The Balaban J connectivity index is 1.83. The summed E-state index contributed by atoms with van der Waals surface area (Å²) in [6, 6.07) is 18.1. The highest BCUT2D eigenvalue weighted by molar-refractivity contribution is 6.06. The number of hydrogen-bond donors (Lipinski definition) is 0. The summed E-state index contributed by atoms with van der Waals surface area (Å²) >= 11 is 0. The highest BCUT2D eigenvalue weighted by atomic mass is 19.1. The van der Waals surface area contributed by atoms with Crippen molar-refractivity contribution in [3.8, 4) is 11.3 Å². The minimum atomic E-state index is -0.341. The Kier molecular flexibility index (Phi) is 4.89. The molecule has 5 heteroatoms. The van der Waals surface area contributed by atoms with Gasteiger partial charge in [-0.2, -0.15) is 0 Å². The van der Waals surface area contributed by atoms with Gasteiger partial charge in [0.15, 0.2) is 0 Å². The lowest BCUT2D eigenvalue weighted by Gasteiger charge is -2.19. The monoisotopic (exact) mass is 388 g/mol. The Morgan fingerprint density at radius 3 is 2.55 bits per heavy atom. The summed E-state index contributed by atoms with van der Waals surface area (Å²) in [7, 11) is 1.40. The van der Waals surface area contributed by atoms with E-state index in [1.54, 1.807) is 18.3 Å². The number of pyridine rings is 1. The van der Waals surface area contributed by atoms with Gasteiger partial charge in [-0.05, 0) is 61.9 Å². The van der Waals surface area contributed by atoms with E-state index in [4.69, 9.17) is 4.74 Å². The maximum absolute atomic E-state index is 13.3. The van der Waals surface area contributed by atoms with Crippen LogP contribution < -0.4 is 0 Å². The second-order valence-corrected chi connectivity index (χ2v) is 7.00. The molecular formula is C24H21FN2O2. The molecule has 0 N–H and O–H groups in total. The summed E-state index contributed by atoms with van der Waals surface area (Å²) in [5, 5.41) is 0.872. The molecule has 146 valence electrons. The first-order chi connectivity index (χ1) is 14.0. The van der Waals surface area contributed by atoms with Gasteiger partial charge in [0.05, 0.1) is 24.4 Å². The van der Waals surface area contributed by atoms with Crippen LogP contribution in [0.5, 0.6) is 0 Å². The molecule has 2 aromatic heterocycles. The Labute approximate surface area is 168 Å². The van der Waals surface area contributed by atoms with Crippen molar-refractivity contribution in [2.45, 2.75) is 19.9 Å². The summed E-state index contributed by atoms with van der Waals surface area (Å²) in [5.41, 5.74) is 5.08. The molecule has 0 radical (unpaired) electrons. The maximum Gasteiger partial charge on any atom is 0.340 e. The van der Waals surface area contributed by atoms with E-state index in [9.17, 15) is 9.18 Å². The van der Waals surface area contributed by atoms with Gasteiger partial charge in [0.2, 0.25) is 0 Å². The lowest BCUT2D eigenvalue weighted by molar-refractivity contribution is 0.0602. The number of nitrogens with zero attached hydrogens (tertiary/aromatic N) is 2. The zero-order valence-electron chi connectivity index (χ0n) is 16.5. The molecule has 0 fully saturated rings. The molecule has 1 atom stereocenters. The Morgan fingerprint density at radius 2 is 1.83 bits per heavy atom. The fourth-order valence-corrected chi connectivity index (χ4v) is 3.88. The maximum atomic E-state index is 13.3. The molecule has 0 aliphatic heterocycles. The molecule has 0 saturated heterocycles. The number of para-hydroxylation sites is 1. The molecule has 4 rings (SSSR count). The average Bonchev–Trinajstić information content (AvgIpc) is 3.05. The molecule has 0 spiro atoms. The summed E-state index contributed by atoms with van der Waals surface area (Å²) in [6.45, 7) is 4.02. The van der Waals surface area contributed by atoms with E-state index in [1.807, 2.05) is 43.3 Å². The van der Waals surface area contributed by atoms with Crippen molar-refractivity contribution in [2.24, 2.45) is 0 Å². The topological polar surface area (TPSA) is 44.1 Å². The van der Waals surface area contributed by atoms with Crippen molar-refractivity contribution in [1.82, 2.24) is 9.55 Å². The Morgan fingerprint density at radius 1 is 1.10 bits per heavy atom. The van der Waals surface area contributed by atoms with Gasteiger partial charge in [0.1, 0.15) is 5.82 Å². The van der Waals surface area contributed by atoms with E-state index in [0.29, 0.717) is 5.56 Å². The van der Waals surface area contributed by atoms with Crippen molar-refractivity contribution in [3.05, 3.63) is 89.5 Å². The first-order valence-corrected chi connectivity index (χ1v) is 9.41. The molecule has 1 unspecified atom stereocenters. The number of methoxy groups -OCH3 is 1. The highest BCUT2D eigenvalue weighted by Gasteiger charge is 2.23. The Bertz CT molecular complexity index is 1200. The van der Waals surface area contributed by atoms with Crippen LogP contribution in [0.4, 0.5) is 4.39 Å². The lowest BCUT2D eigenvalue weighted by Crippen LogP contribution is -2.10. The minimum Gasteiger partial charge on any atom is -0.465 e. The minimum absolute atomic E-state index is 0.0412. The van der Waals surface area contributed by atoms with Gasteiger partial charge < -0.3 is 9.30 Å². The third-order valence-electron chi connectivity index (χ3n) is 5.34. The van der Waals surface area contributed by atoms with E-state index < -0.39 is 0 Å². The van der Waals surface area contributed by atoms with Gasteiger partial charge in [-0.3, -0.25) is 4.98 Å². The molecule has 0 bridgehead atoms. The number of hydrogen-bond acceptors (Lipinski definition) is 3. The van der Waals surface area contributed by atoms with Gasteiger partial charge in [-0.15, -0.1) is 0 Å². The van der Waals surface area contributed by atoms with Gasteiger partial charge >= 0.3 is 5.97 Å². The number of aromatic nitrogens is 2. The normalized spacial score (nSPS) is 12.1. The van der Waals surface area contributed by atoms with Gasteiger partial charge in [-0.25, -0.2) is 9.18 Å². The Hall–Kier alpha value is -3.47. The third-order valence-corrected chi connectivity index (χ3v) is 5.34. The largest absolute Gasteiger partial charge is 0.465 e. The number of halogens is 1. The van der Waals surface area contributed by atoms with Crippen molar-refractivity contribution in [3.63, 3.8) is 0 Å². The number of ether oxygens (including phenoxy) is 1. The van der Waals surface area contributed by atoms with Crippen LogP contribution in [0, 0.1) is 12.7 Å². The number of carbonyl (C=O) groups excluding carboxylic acids is 1. The lowest BCUT2D eigenvalue weighted by atomic mass is 10.0. The second-order valence-electron chi connectivity index (χ2n) is 7.00. The first-order valence-electron chi connectivity index (χ1n) is 9.41.